The molecule has 0 bridgehead atoms. The number of benzene rings is 4. The number of nitro groups is 1. The first-order valence-electron chi connectivity index (χ1n) is 13.5. The van der Waals surface area contributed by atoms with Gasteiger partial charge in [-0.05, 0) is 60.2 Å². The first-order chi connectivity index (χ1) is 19.4. The summed E-state index contributed by atoms with van der Waals surface area (Å²) in [6.45, 7) is 3.44. The largest absolute Gasteiger partial charge is 0.497 e. The van der Waals surface area contributed by atoms with Crippen LogP contribution >= 0.6 is 0 Å². The highest BCUT2D eigenvalue weighted by molar-refractivity contribution is 5.49. The van der Waals surface area contributed by atoms with E-state index in [0.717, 1.165) is 30.7 Å². The van der Waals surface area contributed by atoms with Gasteiger partial charge >= 0.3 is 5.69 Å². The molecule has 4 aromatic carbocycles. The molecule has 0 radical (unpaired) electrons. The Morgan fingerprint density at radius 3 is 2.15 bits per heavy atom. The van der Waals surface area contributed by atoms with Crippen LogP contribution in [-0.2, 0) is 19.4 Å². The molecule has 0 amide bonds. The molecule has 0 heterocycles. The summed E-state index contributed by atoms with van der Waals surface area (Å²) in [6.07, 6.45) is 0.709. The SMILES string of the molecule is COc1ccc(C[C@@H](C)N(CCc2ccccc2)C[C@H](O)c2ccc(OCc3ccccc3)c([N+](=O)[O-])c2)cc1. The van der Waals surface area contributed by atoms with Crippen molar-refractivity contribution in [2.24, 2.45) is 0 Å². The summed E-state index contributed by atoms with van der Waals surface area (Å²) in [5.41, 5.74) is 3.63. The van der Waals surface area contributed by atoms with Gasteiger partial charge in [0.2, 0.25) is 0 Å². The standard InChI is InChI=1S/C33H36N2O5/c1-25(21-27-13-16-30(39-2)17-14-27)34(20-19-26-9-5-3-6-10-26)23-32(36)29-15-18-33(31(22-29)35(37)38)40-24-28-11-7-4-8-12-28/h3-18,22,25,32,36H,19-21,23-24H2,1-2H3/t25-,32+/m1/s1. The van der Waals surface area contributed by atoms with Crippen molar-refractivity contribution in [2.75, 3.05) is 20.2 Å². The molecule has 0 spiro atoms. The van der Waals surface area contributed by atoms with Crippen LogP contribution in [0.5, 0.6) is 11.5 Å². The summed E-state index contributed by atoms with van der Waals surface area (Å²) in [4.78, 5) is 13.7. The number of nitrogens with zero attached hydrogens (tertiary/aromatic N) is 2. The first kappa shape index (κ1) is 28.8. The maximum absolute atomic E-state index is 11.9. The minimum atomic E-state index is -0.907. The van der Waals surface area contributed by atoms with Crippen LogP contribution in [0.15, 0.2) is 103 Å². The molecule has 0 saturated carbocycles. The molecule has 0 unspecified atom stereocenters. The van der Waals surface area contributed by atoms with Gasteiger partial charge < -0.3 is 14.6 Å². The Hall–Kier alpha value is -4.20. The molecular weight excluding hydrogens is 504 g/mol. The lowest BCUT2D eigenvalue weighted by molar-refractivity contribution is -0.386. The highest BCUT2D eigenvalue weighted by atomic mass is 16.6. The fraction of sp³-hybridized carbons (Fsp3) is 0.273. The van der Waals surface area contributed by atoms with Gasteiger partial charge in [-0.15, -0.1) is 0 Å². The fourth-order valence-corrected chi connectivity index (χ4v) is 4.71. The Bertz CT molecular complexity index is 1350. The van der Waals surface area contributed by atoms with Gasteiger partial charge in [0, 0.05) is 25.2 Å². The molecule has 1 N–H and O–H groups in total. The van der Waals surface area contributed by atoms with E-state index in [1.54, 1.807) is 19.2 Å². The molecule has 7 heteroatoms. The zero-order valence-electron chi connectivity index (χ0n) is 23.0. The van der Waals surface area contributed by atoms with E-state index in [9.17, 15) is 15.2 Å². The number of hydrogen-bond donors (Lipinski definition) is 1. The second-order valence-corrected chi connectivity index (χ2v) is 9.91. The van der Waals surface area contributed by atoms with Crippen molar-refractivity contribution in [1.29, 1.82) is 0 Å². The number of methoxy groups -OCH3 is 1. The molecule has 0 fully saturated rings. The zero-order valence-corrected chi connectivity index (χ0v) is 23.0. The summed E-state index contributed by atoms with van der Waals surface area (Å²) in [7, 11) is 1.65. The van der Waals surface area contributed by atoms with Gasteiger partial charge in [-0.1, -0.05) is 78.9 Å². The topological polar surface area (TPSA) is 85.1 Å². The number of ether oxygens (including phenoxy) is 2. The minimum absolute atomic E-state index is 0.121. The lowest BCUT2D eigenvalue weighted by Crippen LogP contribution is -2.39. The third-order valence-corrected chi connectivity index (χ3v) is 7.05. The summed E-state index contributed by atoms with van der Waals surface area (Å²) in [6, 6.07) is 32.6. The molecule has 0 aliphatic heterocycles. The van der Waals surface area contributed by atoms with Crippen LogP contribution in [0, 0.1) is 10.1 Å². The number of aliphatic hydroxyl groups is 1. The minimum Gasteiger partial charge on any atom is -0.497 e. The molecule has 4 aromatic rings. The molecule has 2 atom stereocenters. The molecule has 208 valence electrons. The molecule has 0 saturated heterocycles. The Kier molecular flexibility index (Phi) is 10.3. The molecule has 0 aromatic heterocycles. The summed E-state index contributed by atoms with van der Waals surface area (Å²) in [5, 5.41) is 23.1. The van der Waals surface area contributed by atoms with Crippen molar-refractivity contribution < 1.29 is 19.5 Å². The van der Waals surface area contributed by atoms with E-state index in [2.05, 4.69) is 36.1 Å². The van der Waals surface area contributed by atoms with Crippen molar-refractivity contribution >= 4 is 5.69 Å². The molecule has 4 rings (SSSR count). The molecule has 0 aliphatic rings. The van der Waals surface area contributed by atoms with Crippen molar-refractivity contribution in [3.05, 3.63) is 135 Å². The van der Waals surface area contributed by atoms with E-state index in [1.165, 1.54) is 17.2 Å². The molecular formula is C33H36N2O5. The van der Waals surface area contributed by atoms with E-state index >= 15 is 0 Å². The third-order valence-electron chi connectivity index (χ3n) is 7.05. The highest BCUT2D eigenvalue weighted by Gasteiger charge is 2.23. The Balaban J connectivity index is 1.49. The predicted octanol–water partition coefficient (Wildman–Crippen LogP) is 6.39. The third kappa shape index (κ3) is 8.15. The van der Waals surface area contributed by atoms with E-state index in [-0.39, 0.29) is 24.1 Å². The molecule has 40 heavy (non-hydrogen) atoms. The van der Waals surface area contributed by atoms with E-state index in [1.807, 2.05) is 60.7 Å². The van der Waals surface area contributed by atoms with Crippen LogP contribution in [0.3, 0.4) is 0 Å². The van der Waals surface area contributed by atoms with E-state index in [4.69, 9.17) is 9.47 Å². The monoisotopic (exact) mass is 540 g/mol. The van der Waals surface area contributed by atoms with Gasteiger partial charge in [0.1, 0.15) is 12.4 Å². The van der Waals surface area contributed by atoms with Crippen LogP contribution in [-0.4, -0.2) is 41.2 Å². The summed E-state index contributed by atoms with van der Waals surface area (Å²) in [5.74, 6) is 0.990. The quantitative estimate of drug-likeness (QED) is 0.147. The average Bonchev–Trinajstić information content (AvgIpc) is 2.99. The normalized spacial score (nSPS) is 12.6. The van der Waals surface area contributed by atoms with Crippen molar-refractivity contribution in [1.82, 2.24) is 4.90 Å². The highest BCUT2D eigenvalue weighted by Crippen LogP contribution is 2.31. The maximum Gasteiger partial charge on any atom is 0.311 e. The van der Waals surface area contributed by atoms with Crippen molar-refractivity contribution in [2.45, 2.75) is 38.5 Å². The average molecular weight is 541 g/mol. The summed E-state index contributed by atoms with van der Waals surface area (Å²) < 4.78 is 11.0. The van der Waals surface area contributed by atoms with Crippen LogP contribution in [0.2, 0.25) is 0 Å². The van der Waals surface area contributed by atoms with Crippen LogP contribution in [0.1, 0.15) is 35.3 Å². The smallest absolute Gasteiger partial charge is 0.311 e. The van der Waals surface area contributed by atoms with Gasteiger partial charge in [-0.2, -0.15) is 0 Å². The summed E-state index contributed by atoms with van der Waals surface area (Å²) >= 11 is 0. The lowest BCUT2D eigenvalue weighted by Gasteiger charge is -2.31. The number of rotatable bonds is 14. The van der Waals surface area contributed by atoms with Crippen LogP contribution < -0.4 is 9.47 Å². The fourth-order valence-electron chi connectivity index (χ4n) is 4.71. The van der Waals surface area contributed by atoms with Crippen LogP contribution in [0.4, 0.5) is 5.69 Å². The number of hydrogen-bond acceptors (Lipinski definition) is 6. The van der Waals surface area contributed by atoms with Gasteiger partial charge in [0.25, 0.3) is 0 Å². The second-order valence-electron chi connectivity index (χ2n) is 9.91. The second kappa shape index (κ2) is 14.3. The number of nitro benzene ring substituents is 1. The van der Waals surface area contributed by atoms with Crippen LogP contribution in [0.25, 0.3) is 0 Å². The lowest BCUT2D eigenvalue weighted by atomic mass is 10.0. The van der Waals surface area contributed by atoms with Gasteiger partial charge in [-0.25, -0.2) is 0 Å². The first-order valence-corrected chi connectivity index (χ1v) is 13.5. The van der Waals surface area contributed by atoms with E-state index < -0.39 is 11.0 Å². The van der Waals surface area contributed by atoms with Gasteiger partial charge in [-0.3, -0.25) is 15.0 Å². The Labute approximate surface area is 235 Å². The van der Waals surface area contributed by atoms with Gasteiger partial charge in [0.05, 0.1) is 18.1 Å². The van der Waals surface area contributed by atoms with E-state index in [0.29, 0.717) is 12.1 Å². The number of aliphatic hydroxyl groups excluding tert-OH is 1. The Morgan fingerprint density at radius 1 is 0.875 bits per heavy atom. The van der Waals surface area contributed by atoms with Crippen molar-refractivity contribution in [3.63, 3.8) is 0 Å². The molecule has 0 aliphatic carbocycles. The Morgan fingerprint density at radius 2 is 1.52 bits per heavy atom. The van der Waals surface area contributed by atoms with Crippen molar-refractivity contribution in [3.8, 4) is 11.5 Å². The van der Waals surface area contributed by atoms with Gasteiger partial charge in [0.15, 0.2) is 5.75 Å². The zero-order chi connectivity index (χ0) is 28.3. The maximum atomic E-state index is 11.9. The predicted molar refractivity (Wildman–Crippen MR) is 157 cm³/mol. The molecule has 7 nitrogen and oxygen atoms in total.